The van der Waals surface area contributed by atoms with Crippen LogP contribution in [0.2, 0.25) is 0 Å². The van der Waals surface area contributed by atoms with Crippen LogP contribution in [0.1, 0.15) is 12.5 Å². The lowest BCUT2D eigenvalue weighted by atomic mass is 10.1. The molecule has 1 aromatic rings. The van der Waals surface area contributed by atoms with Crippen LogP contribution in [0.25, 0.3) is 0 Å². The number of nitrogens with zero attached hydrogens (tertiary/aromatic N) is 2. The molecule has 1 aromatic carbocycles. The Morgan fingerprint density at radius 2 is 2.36 bits per heavy atom. The van der Waals surface area contributed by atoms with Gasteiger partial charge in [0.1, 0.15) is 0 Å². The molecule has 5 heteroatoms. The number of hydrogen-bond acceptors (Lipinski definition) is 4. The van der Waals surface area contributed by atoms with E-state index in [1.54, 1.807) is 19.1 Å². The summed E-state index contributed by atoms with van der Waals surface area (Å²) in [6.07, 6.45) is 0.415. The van der Waals surface area contributed by atoms with E-state index in [0.29, 0.717) is 12.1 Å². The van der Waals surface area contributed by atoms with E-state index in [-0.39, 0.29) is 5.69 Å². The first kappa shape index (κ1) is 10.2. The zero-order valence-electron chi connectivity index (χ0n) is 7.67. The van der Waals surface area contributed by atoms with Gasteiger partial charge in [-0.05, 0) is 12.5 Å². The smallest absolute Gasteiger partial charge is 0.269 e. The zero-order valence-corrected chi connectivity index (χ0v) is 7.67. The molecule has 0 aliphatic carbocycles. The molecule has 0 unspecified atom stereocenters. The number of non-ortho nitro benzene ring substituents is 1. The highest BCUT2D eigenvalue weighted by atomic mass is 16.6. The molecule has 5 nitrogen and oxygen atoms in total. The first-order valence-corrected chi connectivity index (χ1v) is 4.04. The molecule has 0 aromatic heterocycles. The van der Waals surface area contributed by atoms with Gasteiger partial charge in [-0.1, -0.05) is 17.3 Å². The van der Waals surface area contributed by atoms with Crippen LogP contribution >= 0.6 is 0 Å². The highest BCUT2D eigenvalue weighted by molar-refractivity contribution is 5.83. The number of rotatable bonds is 3. The molecule has 1 N–H and O–H groups in total. The summed E-state index contributed by atoms with van der Waals surface area (Å²) in [5.74, 6) is 0. The van der Waals surface area contributed by atoms with Gasteiger partial charge in [-0.2, -0.15) is 0 Å². The van der Waals surface area contributed by atoms with E-state index in [1.165, 1.54) is 12.1 Å². The quantitative estimate of drug-likeness (QED) is 0.346. The van der Waals surface area contributed by atoms with Gasteiger partial charge in [-0.15, -0.1) is 0 Å². The van der Waals surface area contributed by atoms with E-state index in [4.69, 9.17) is 5.21 Å². The maximum absolute atomic E-state index is 10.4. The largest absolute Gasteiger partial charge is 0.411 e. The lowest BCUT2D eigenvalue weighted by Gasteiger charge is -1.98. The number of hydrogen-bond donors (Lipinski definition) is 1. The van der Waals surface area contributed by atoms with Crippen LogP contribution in [-0.2, 0) is 6.42 Å². The fourth-order valence-electron chi connectivity index (χ4n) is 1.11. The summed E-state index contributed by atoms with van der Waals surface area (Å²) in [6, 6.07) is 6.25. The maximum atomic E-state index is 10.4. The molecule has 74 valence electrons. The normalized spacial score (nSPS) is 11.4. The highest BCUT2D eigenvalue weighted by Crippen LogP contribution is 2.13. The molecule has 0 aliphatic rings. The third kappa shape index (κ3) is 2.55. The predicted octanol–water partition coefficient (Wildman–Crippen LogP) is 1.99. The summed E-state index contributed by atoms with van der Waals surface area (Å²) in [6.45, 7) is 1.65. The molecule has 0 saturated carbocycles. The van der Waals surface area contributed by atoms with Crippen molar-refractivity contribution in [2.45, 2.75) is 13.3 Å². The van der Waals surface area contributed by atoms with Crippen molar-refractivity contribution in [2.24, 2.45) is 5.16 Å². The molecule has 0 amide bonds. The number of oxime groups is 1. The second-order valence-electron chi connectivity index (χ2n) is 2.94. The van der Waals surface area contributed by atoms with Crippen LogP contribution in [0.4, 0.5) is 5.69 Å². The fraction of sp³-hybridized carbons (Fsp3) is 0.222. The Kier molecular flexibility index (Phi) is 3.17. The van der Waals surface area contributed by atoms with Gasteiger partial charge in [-0.3, -0.25) is 10.1 Å². The van der Waals surface area contributed by atoms with Crippen molar-refractivity contribution in [1.82, 2.24) is 0 Å². The van der Waals surface area contributed by atoms with E-state index in [1.807, 2.05) is 0 Å². The van der Waals surface area contributed by atoms with Crippen molar-refractivity contribution in [3.05, 3.63) is 39.9 Å². The summed E-state index contributed by atoms with van der Waals surface area (Å²) in [5.41, 5.74) is 1.33. The van der Waals surface area contributed by atoms with E-state index in [9.17, 15) is 10.1 Å². The van der Waals surface area contributed by atoms with E-state index in [0.717, 1.165) is 5.56 Å². The molecule has 1 rings (SSSR count). The van der Waals surface area contributed by atoms with Gasteiger partial charge < -0.3 is 5.21 Å². The van der Waals surface area contributed by atoms with Crippen molar-refractivity contribution >= 4 is 11.4 Å². The summed E-state index contributed by atoms with van der Waals surface area (Å²) in [5, 5.41) is 21.9. The summed E-state index contributed by atoms with van der Waals surface area (Å²) in [4.78, 5) is 9.98. The Bertz CT molecular complexity index is 374. The second-order valence-corrected chi connectivity index (χ2v) is 2.94. The molecular weight excluding hydrogens is 184 g/mol. The first-order valence-electron chi connectivity index (χ1n) is 4.04. The highest BCUT2D eigenvalue weighted by Gasteiger charge is 2.05. The standard InChI is InChI=1S/C9H10N2O3/c1-7(10-12)5-8-3-2-4-9(6-8)11(13)14/h2-4,6,12H,5H2,1H3/b10-7+. The minimum atomic E-state index is -0.449. The lowest BCUT2D eigenvalue weighted by Crippen LogP contribution is -1.98. The molecule has 14 heavy (non-hydrogen) atoms. The second kappa shape index (κ2) is 4.36. The number of benzene rings is 1. The molecule has 0 radical (unpaired) electrons. The van der Waals surface area contributed by atoms with Gasteiger partial charge in [0.15, 0.2) is 0 Å². The Balaban J connectivity index is 2.89. The average Bonchev–Trinajstić information content (AvgIpc) is 2.18. The molecule has 0 bridgehead atoms. The Morgan fingerprint density at radius 3 is 2.93 bits per heavy atom. The first-order chi connectivity index (χ1) is 6.63. The van der Waals surface area contributed by atoms with Crippen molar-refractivity contribution in [3.8, 4) is 0 Å². The van der Waals surface area contributed by atoms with Crippen LogP contribution in [0.3, 0.4) is 0 Å². The van der Waals surface area contributed by atoms with Crippen molar-refractivity contribution in [2.75, 3.05) is 0 Å². The van der Waals surface area contributed by atoms with Crippen LogP contribution in [0.15, 0.2) is 29.4 Å². The molecule has 0 atom stereocenters. The topological polar surface area (TPSA) is 75.7 Å². The molecule has 0 saturated heterocycles. The van der Waals surface area contributed by atoms with Gasteiger partial charge in [0.05, 0.1) is 10.6 Å². The monoisotopic (exact) mass is 194 g/mol. The van der Waals surface area contributed by atoms with Crippen LogP contribution in [-0.4, -0.2) is 15.8 Å². The maximum Gasteiger partial charge on any atom is 0.269 e. The Morgan fingerprint density at radius 1 is 1.64 bits per heavy atom. The molecule has 0 heterocycles. The van der Waals surface area contributed by atoms with E-state index in [2.05, 4.69) is 5.16 Å². The van der Waals surface area contributed by atoms with E-state index >= 15 is 0 Å². The van der Waals surface area contributed by atoms with Gasteiger partial charge >= 0.3 is 0 Å². The van der Waals surface area contributed by atoms with Crippen LogP contribution in [0, 0.1) is 10.1 Å². The number of nitro groups is 1. The minimum Gasteiger partial charge on any atom is -0.411 e. The van der Waals surface area contributed by atoms with E-state index < -0.39 is 4.92 Å². The SMILES string of the molecule is C/C(Cc1cccc([N+](=O)[O-])c1)=N\O. The molecule has 0 fully saturated rings. The minimum absolute atomic E-state index is 0.0493. The summed E-state index contributed by atoms with van der Waals surface area (Å²) < 4.78 is 0. The Hall–Kier alpha value is -1.91. The Labute approximate surface area is 80.8 Å². The molecule has 0 spiro atoms. The summed E-state index contributed by atoms with van der Waals surface area (Å²) >= 11 is 0. The van der Waals surface area contributed by atoms with Crippen LogP contribution in [0.5, 0.6) is 0 Å². The lowest BCUT2D eigenvalue weighted by molar-refractivity contribution is -0.384. The fourth-order valence-corrected chi connectivity index (χ4v) is 1.11. The van der Waals surface area contributed by atoms with Gasteiger partial charge in [0.2, 0.25) is 0 Å². The van der Waals surface area contributed by atoms with Crippen LogP contribution < -0.4 is 0 Å². The number of nitro benzene ring substituents is 1. The van der Waals surface area contributed by atoms with Crippen molar-refractivity contribution in [1.29, 1.82) is 0 Å². The predicted molar refractivity (Wildman–Crippen MR) is 51.7 cm³/mol. The van der Waals surface area contributed by atoms with Gasteiger partial charge in [0, 0.05) is 18.6 Å². The average molecular weight is 194 g/mol. The molecular formula is C9H10N2O3. The summed E-state index contributed by atoms with van der Waals surface area (Å²) in [7, 11) is 0. The third-order valence-corrected chi connectivity index (χ3v) is 1.75. The van der Waals surface area contributed by atoms with Crippen molar-refractivity contribution in [3.63, 3.8) is 0 Å². The molecule has 0 aliphatic heterocycles. The van der Waals surface area contributed by atoms with Gasteiger partial charge in [0.25, 0.3) is 5.69 Å². The zero-order chi connectivity index (χ0) is 10.6. The van der Waals surface area contributed by atoms with Gasteiger partial charge in [-0.25, -0.2) is 0 Å². The van der Waals surface area contributed by atoms with Crippen molar-refractivity contribution < 1.29 is 10.1 Å². The third-order valence-electron chi connectivity index (χ3n) is 1.75.